The summed E-state index contributed by atoms with van der Waals surface area (Å²) >= 11 is 0. The second kappa shape index (κ2) is 15.0. The predicted molar refractivity (Wildman–Crippen MR) is 156 cm³/mol. The molecule has 1 saturated heterocycles. The number of imide groups is 1. The predicted octanol–water partition coefficient (Wildman–Crippen LogP) is -1.89. The second-order valence-electron chi connectivity index (χ2n) is 12.4. The van der Waals surface area contributed by atoms with Crippen LogP contribution in [0.4, 0.5) is 5.69 Å². The molecule has 2 unspecified atom stereocenters. The van der Waals surface area contributed by atoms with Crippen LogP contribution in [0.5, 0.6) is 0 Å². The van der Waals surface area contributed by atoms with Crippen LogP contribution in [0.3, 0.4) is 0 Å². The van der Waals surface area contributed by atoms with E-state index in [1.807, 2.05) is 31.1 Å². The fraction of sp³-hybridized carbons (Fsp3) is 0.621. The van der Waals surface area contributed by atoms with Gasteiger partial charge in [-0.2, -0.15) is 0 Å². The average Bonchev–Trinajstić information content (AvgIpc) is 3.56. The van der Waals surface area contributed by atoms with Crippen LogP contribution in [0, 0.1) is 5.92 Å². The Morgan fingerprint density at radius 3 is 2.37 bits per heavy atom. The summed E-state index contributed by atoms with van der Waals surface area (Å²) in [5.74, 6) is -3.46. The molecular weight excluding hydrogens is 624 g/mol. The van der Waals surface area contributed by atoms with E-state index in [0.29, 0.717) is 53.5 Å². The average molecular weight is 665 g/mol. The Morgan fingerprint density at radius 1 is 1.09 bits per heavy atom. The summed E-state index contributed by atoms with van der Waals surface area (Å²) in [6.07, 6.45) is 0.135. The van der Waals surface area contributed by atoms with Crippen molar-refractivity contribution in [1.29, 1.82) is 0 Å². The lowest BCUT2D eigenvalue weighted by Crippen LogP contribution is -2.64. The normalized spacial score (nSPS) is 21.8. The van der Waals surface area contributed by atoms with Crippen LogP contribution in [-0.4, -0.2) is 120 Å². The lowest BCUT2D eigenvalue weighted by Gasteiger charge is -2.60. The molecule has 0 spiro atoms. The van der Waals surface area contributed by atoms with Crippen LogP contribution in [0.1, 0.15) is 43.4 Å². The van der Waals surface area contributed by atoms with Crippen molar-refractivity contribution in [3.8, 4) is 0 Å². The number of carbonyl (C=O) groups excluding carboxylic acids is 3. The van der Waals surface area contributed by atoms with Gasteiger partial charge in [-0.15, -0.1) is 22.4 Å². The number of hydroxylamine groups is 2. The fourth-order valence-electron chi connectivity index (χ4n) is 5.59. The number of aromatic nitrogens is 3. The first-order valence-corrected chi connectivity index (χ1v) is 16.7. The van der Waals surface area contributed by atoms with Crippen molar-refractivity contribution in [2.45, 2.75) is 57.4 Å². The molecule has 4 rings (SSSR count). The molecule has 1 aliphatic carbocycles. The number of carbonyl (C=O) groups is 3. The van der Waals surface area contributed by atoms with E-state index in [1.165, 1.54) is 0 Å². The van der Waals surface area contributed by atoms with Crippen LogP contribution >= 0.6 is 0 Å². The van der Waals surface area contributed by atoms with Gasteiger partial charge in [0, 0.05) is 43.8 Å². The molecule has 46 heavy (non-hydrogen) atoms. The van der Waals surface area contributed by atoms with Crippen molar-refractivity contribution in [1.82, 2.24) is 20.1 Å². The van der Waals surface area contributed by atoms with E-state index in [2.05, 4.69) is 10.3 Å². The SMILES string of the molecule is CC1C([O-])C(c2ccc(N(CCOCC(=O)ON3C(=O)CCC3=O)CCn3cc(C[N+](C)(C)CCCS(=O)(=O)[O-])nn3)cc2)C1[O-]. The zero-order valence-corrected chi connectivity index (χ0v) is 27.0. The van der Waals surface area contributed by atoms with Crippen molar-refractivity contribution in [2.75, 3.05) is 57.6 Å². The first kappa shape index (κ1) is 35.4. The third kappa shape index (κ3) is 9.52. The number of nitrogens with zero attached hydrogens (tertiary/aromatic N) is 6. The minimum Gasteiger partial charge on any atom is -0.851 e. The Bertz CT molecular complexity index is 1460. The molecule has 2 aliphatic rings. The number of benzene rings is 1. The summed E-state index contributed by atoms with van der Waals surface area (Å²) in [4.78, 5) is 42.3. The van der Waals surface area contributed by atoms with Crippen LogP contribution in [0.25, 0.3) is 0 Å². The number of hydrogen-bond acceptors (Lipinski definition) is 13. The molecule has 1 aromatic carbocycles. The van der Waals surface area contributed by atoms with Crippen LogP contribution in [0.2, 0.25) is 0 Å². The molecule has 2 fully saturated rings. The highest BCUT2D eigenvalue weighted by Gasteiger charge is 2.34. The van der Waals surface area contributed by atoms with Gasteiger partial charge in [0.15, 0.2) is 0 Å². The summed E-state index contributed by atoms with van der Waals surface area (Å²) in [7, 11) is -0.452. The summed E-state index contributed by atoms with van der Waals surface area (Å²) in [6.45, 7) is 3.44. The summed E-state index contributed by atoms with van der Waals surface area (Å²) in [5, 5.41) is 33.6. The molecule has 2 heterocycles. The van der Waals surface area contributed by atoms with Crippen LogP contribution < -0.4 is 15.1 Å². The van der Waals surface area contributed by atoms with Gasteiger partial charge in [-0.05, 0) is 23.6 Å². The summed E-state index contributed by atoms with van der Waals surface area (Å²) in [5.41, 5.74) is 2.17. The van der Waals surface area contributed by atoms with Gasteiger partial charge in [0.25, 0.3) is 11.8 Å². The molecule has 16 nitrogen and oxygen atoms in total. The van der Waals surface area contributed by atoms with Gasteiger partial charge in [0.1, 0.15) is 18.8 Å². The quantitative estimate of drug-likeness (QED) is 0.0785. The number of ether oxygens (including phenoxy) is 1. The van der Waals surface area contributed by atoms with Crippen molar-refractivity contribution < 1.29 is 51.6 Å². The first-order valence-electron chi connectivity index (χ1n) is 15.1. The van der Waals surface area contributed by atoms with Crippen molar-refractivity contribution >= 4 is 33.6 Å². The smallest absolute Gasteiger partial charge is 0.358 e. The maximum atomic E-state index is 12.3. The van der Waals surface area contributed by atoms with Gasteiger partial charge >= 0.3 is 5.97 Å². The van der Waals surface area contributed by atoms with Crippen molar-refractivity contribution in [3.05, 3.63) is 41.7 Å². The molecule has 254 valence electrons. The van der Waals surface area contributed by atoms with Gasteiger partial charge < -0.3 is 33.7 Å². The standard InChI is InChI=1S/C29H41N6O10S/c1-20-28(39)27(29(20)40)21-5-7-23(8-6-21)32(13-15-44-19-26(38)45-34-24(36)9-10-25(34)37)11-12-33-17-22(30-31-33)18-35(2,3)14-4-16-46(41,42)43/h5-8,17,20,27-29H,4,9-16,18-19H2,1-3H3,(H,41,42,43)/q-1/p-1. The van der Waals surface area contributed by atoms with E-state index in [1.54, 1.807) is 29.9 Å². The van der Waals surface area contributed by atoms with Gasteiger partial charge in [-0.1, -0.05) is 30.2 Å². The molecule has 1 aromatic heterocycles. The number of anilines is 1. The highest BCUT2D eigenvalue weighted by Crippen LogP contribution is 2.39. The van der Waals surface area contributed by atoms with E-state index < -0.39 is 64.3 Å². The molecule has 0 radical (unpaired) electrons. The maximum Gasteiger partial charge on any atom is 0.358 e. The van der Waals surface area contributed by atoms with Gasteiger partial charge in [0.05, 0.1) is 50.1 Å². The summed E-state index contributed by atoms with van der Waals surface area (Å²) < 4.78 is 40.4. The topological polar surface area (TPSA) is 210 Å². The molecule has 1 aliphatic heterocycles. The lowest BCUT2D eigenvalue weighted by molar-refractivity contribution is -0.903. The first-order chi connectivity index (χ1) is 21.6. The third-order valence-corrected chi connectivity index (χ3v) is 9.03. The van der Waals surface area contributed by atoms with Gasteiger partial charge in [0.2, 0.25) is 0 Å². The molecule has 2 atom stereocenters. The van der Waals surface area contributed by atoms with E-state index >= 15 is 0 Å². The van der Waals surface area contributed by atoms with E-state index in [9.17, 15) is 37.6 Å². The van der Waals surface area contributed by atoms with Gasteiger partial charge in [-0.25, -0.2) is 13.2 Å². The molecular formula is C29H40N6O10S-2. The monoisotopic (exact) mass is 664 g/mol. The number of hydrogen-bond donors (Lipinski definition) is 0. The minimum atomic E-state index is -4.27. The maximum absolute atomic E-state index is 12.3. The Kier molecular flexibility index (Phi) is 11.5. The molecule has 17 heteroatoms. The number of quaternary nitrogens is 1. The number of rotatable bonds is 17. The zero-order valence-electron chi connectivity index (χ0n) is 26.1. The zero-order chi connectivity index (χ0) is 33.6. The Morgan fingerprint density at radius 2 is 1.74 bits per heavy atom. The number of amides is 2. The highest BCUT2D eigenvalue weighted by atomic mass is 32.2. The minimum absolute atomic E-state index is 0.00936. The van der Waals surface area contributed by atoms with E-state index in [4.69, 9.17) is 9.57 Å². The van der Waals surface area contributed by atoms with Gasteiger partial charge in [-0.3, -0.25) is 14.3 Å². The van der Waals surface area contributed by atoms with Crippen LogP contribution in [-0.2, 0) is 47.2 Å². The Hall–Kier alpha value is -3.48. The molecule has 0 N–H and O–H groups in total. The third-order valence-electron chi connectivity index (χ3n) is 8.24. The molecule has 0 bridgehead atoms. The molecule has 2 amide bonds. The molecule has 2 aromatic rings. The Balaban J connectivity index is 1.35. The largest absolute Gasteiger partial charge is 0.851 e. The summed E-state index contributed by atoms with van der Waals surface area (Å²) in [6, 6.07) is 7.21. The van der Waals surface area contributed by atoms with E-state index in [0.717, 1.165) is 5.69 Å². The van der Waals surface area contributed by atoms with E-state index in [-0.39, 0.29) is 25.9 Å². The lowest BCUT2D eigenvalue weighted by atomic mass is 9.67. The molecule has 1 saturated carbocycles. The van der Waals surface area contributed by atoms with Crippen molar-refractivity contribution in [2.24, 2.45) is 5.92 Å². The van der Waals surface area contributed by atoms with Crippen LogP contribution in [0.15, 0.2) is 30.5 Å². The Labute approximate surface area is 267 Å². The highest BCUT2D eigenvalue weighted by molar-refractivity contribution is 7.85. The van der Waals surface area contributed by atoms with Crippen molar-refractivity contribution in [3.63, 3.8) is 0 Å². The fourth-order valence-corrected chi connectivity index (χ4v) is 6.07. The second-order valence-corrected chi connectivity index (χ2v) is 13.9.